The molecule has 0 bridgehead atoms. The monoisotopic (exact) mass is 375 g/mol. The predicted octanol–water partition coefficient (Wildman–Crippen LogP) is 3.71. The van der Waals surface area contributed by atoms with Gasteiger partial charge in [0.25, 0.3) is 5.91 Å². The lowest BCUT2D eigenvalue weighted by molar-refractivity contribution is -0.673. The topological polar surface area (TPSA) is 51.4 Å². The summed E-state index contributed by atoms with van der Waals surface area (Å²) < 4.78 is 13.1. The van der Waals surface area contributed by atoms with Crippen molar-refractivity contribution in [3.63, 3.8) is 0 Å². The number of aryl methyl sites for hydroxylation is 1. The van der Waals surface area contributed by atoms with E-state index in [-0.39, 0.29) is 12.5 Å². The van der Waals surface area contributed by atoms with Crippen LogP contribution in [0.25, 0.3) is 12.2 Å². The Bertz CT molecular complexity index is 969. The number of para-hydroxylation sites is 1. The van der Waals surface area contributed by atoms with Gasteiger partial charge >= 0.3 is 0 Å². The fourth-order valence-corrected chi connectivity index (χ4v) is 2.66. The summed E-state index contributed by atoms with van der Waals surface area (Å²) in [5.74, 6) is 0.869. The molecule has 0 spiro atoms. The van der Waals surface area contributed by atoms with E-state index in [4.69, 9.17) is 9.47 Å². The summed E-state index contributed by atoms with van der Waals surface area (Å²) in [5.41, 5.74) is 2.79. The Morgan fingerprint density at radius 1 is 1.00 bits per heavy atom. The third-order valence-corrected chi connectivity index (χ3v) is 4.15. The maximum absolute atomic E-state index is 12.1. The second-order valence-corrected chi connectivity index (χ2v) is 6.18. The number of ether oxygens (including phenoxy) is 2. The zero-order chi connectivity index (χ0) is 19.8. The van der Waals surface area contributed by atoms with E-state index < -0.39 is 0 Å². The molecule has 2 aromatic carbocycles. The standard InChI is InChI=1S/C23H22N2O3/c1-25-15-7-6-10-20(25)13-11-18-12-14-21(22(16-18)27-2)28-17-23(26)24-19-8-4-3-5-9-19/h3-16H,17H2,1-2H3/p+1/b13-11+. The summed E-state index contributed by atoms with van der Waals surface area (Å²) in [5, 5.41) is 2.79. The van der Waals surface area contributed by atoms with Crippen molar-refractivity contribution in [3.05, 3.63) is 84.2 Å². The van der Waals surface area contributed by atoms with Crippen molar-refractivity contribution in [2.45, 2.75) is 0 Å². The van der Waals surface area contributed by atoms with Crippen molar-refractivity contribution in [1.29, 1.82) is 0 Å². The van der Waals surface area contributed by atoms with Crippen LogP contribution in [0.2, 0.25) is 0 Å². The number of carbonyl (C=O) groups excluding carboxylic acids is 1. The van der Waals surface area contributed by atoms with E-state index in [1.165, 1.54) is 0 Å². The number of methoxy groups -OCH3 is 1. The van der Waals surface area contributed by atoms with E-state index >= 15 is 0 Å². The Labute approximate surface area is 164 Å². The number of anilines is 1. The van der Waals surface area contributed by atoms with Crippen LogP contribution in [0, 0.1) is 0 Å². The molecule has 1 amide bonds. The molecule has 0 atom stereocenters. The lowest BCUT2D eigenvalue weighted by Crippen LogP contribution is -2.30. The van der Waals surface area contributed by atoms with Crippen LogP contribution in [0.1, 0.15) is 11.3 Å². The minimum atomic E-state index is -0.228. The molecule has 0 unspecified atom stereocenters. The van der Waals surface area contributed by atoms with Gasteiger partial charge in [-0.25, -0.2) is 4.57 Å². The van der Waals surface area contributed by atoms with Gasteiger partial charge in [-0.3, -0.25) is 4.79 Å². The van der Waals surface area contributed by atoms with Crippen LogP contribution in [0.15, 0.2) is 72.9 Å². The molecule has 0 saturated carbocycles. The molecule has 0 aliphatic rings. The number of rotatable bonds is 7. The highest BCUT2D eigenvalue weighted by Gasteiger charge is 2.09. The maximum Gasteiger partial charge on any atom is 0.262 e. The highest BCUT2D eigenvalue weighted by Crippen LogP contribution is 2.28. The SMILES string of the molecule is COc1cc(/C=C/c2cccc[n+]2C)ccc1OCC(=O)Nc1ccccc1. The molecule has 3 rings (SSSR count). The van der Waals surface area contributed by atoms with Gasteiger partial charge in [-0.05, 0) is 42.0 Å². The molecular formula is C23H23N2O3+. The van der Waals surface area contributed by atoms with Gasteiger partial charge in [-0.2, -0.15) is 0 Å². The number of pyridine rings is 1. The van der Waals surface area contributed by atoms with Crippen LogP contribution >= 0.6 is 0 Å². The van der Waals surface area contributed by atoms with E-state index in [1.807, 2.05) is 90.6 Å². The molecule has 0 fully saturated rings. The Morgan fingerprint density at radius 2 is 1.79 bits per heavy atom. The minimum Gasteiger partial charge on any atom is -0.493 e. The number of nitrogens with zero attached hydrogens (tertiary/aromatic N) is 1. The normalized spacial score (nSPS) is 10.6. The quantitative estimate of drug-likeness (QED) is 0.641. The Balaban J connectivity index is 1.64. The van der Waals surface area contributed by atoms with Crippen LogP contribution < -0.4 is 19.4 Å². The fraction of sp³-hybridized carbons (Fsp3) is 0.130. The zero-order valence-electron chi connectivity index (χ0n) is 16.0. The second kappa shape index (κ2) is 9.37. The fourth-order valence-electron chi connectivity index (χ4n) is 2.66. The molecule has 142 valence electrons. The van der Waals surface area contributed by atoms with Crippen molar-refractivity contribution < 1.29 is 18.8 Å². The molecule has 1 N–H and O–H groups in total. The number of nitrogens with one attached hydrogen (secondary N) is 1. The number of benzene rings is 2. The number of hydrogen-bond donors (Lipinski definition) is 1. The van der Waals surface area contributed by atoms with Crippen molar-refractivity contribution in [2.24, 2.45) is 7.05 Å². The van der Waals surface area contributed by atoms with Crippen LogP contribution in [-0.2, 0) is 11.8 Å². The van der Waals surface area contributed by atoms with E-state index in [0.29, 0.717) is 11.5 Å². The average Bonchev–Trinajstić information content (AvgIpc) is 2.72. The minimum absolute atomic E-state index is 0.0969. The summed E-state index contributed by atoms with van der Waals surface area (Å²) in [6, 6.07) is 20.9. The Morgan fingerprint density at radius 3 is 2.54 bits per heavy atom. The smallest absolute Gasteiger partial charge is 0.262 e. The molecule has 1 heterocycles. The van der Waals surface area contributed by atoms with E-state index in [1.54, 1.807) is 13.2 Å². The first kappa shape index (κ1) is 19.2. The first-order valence-corrected chi connectivity index (χ1v) is 8.94. The molecule has 28 heavy (non-hydrogen) atoms. The molecule has 5 heteroatoms. The van der Waals surface area contributed by atoms with Crippen LogP contribution in [0.5, 0.6) is 11.5 Å². The van der Waals surface area contributed by atoms with E-state index in [9.17, 15) is 4.79 Å². The van der Waals surface area contributed by atoms with Gasteiger partial charge in [0, 0.05) is 23.9 Å². The van der Waals surface area contributed by atoms with Crippen molar-refractivity contribution in [3.8, 4) is 11.5 Å². The summed E-state index contributed by atoms with van der Waals surface area (Å²) >= 11 is 0. The molecular weight excluding hydrogens is 352 g/mol. The Kier molecular flexibility index (Phi) is 6.41. The van der Waals surface area contributed by atoms with Gasteiger partial charge in [0.2, 0.25) is 5.69 Å². The lowest BCUT2D eigenvalue weighted by atomic mass is 10.1. The summed E-state index contributed by atoms with van der Waals surface area (Å²) in [4.78, 5) is 12.1. The van der Waals surface area contributed by atoms with Gasteiger partial charge < -0.3 is 14.8 Å². The molecule has 3 aromatic rings. The average molecular weight is 375 g/mol. The third kappa shape index (κ3) is 5.20. The van der Waals surface area contributed by atoms with E-state index in [0.717, 1.165) is 16.9 Å². The summed E-state index contributed by atoms with van der Waals surface area (Å²) in [6.45, 7) is -0.0969. The van der Waals surface area contributed by atoms with Crippen molar-refractivity contribution in [2.75, 3.05) is 19.0 Å². The molecule has 0 saturated heterocycles. The first-order valence-electron chi connectivity index (χ1n) is 8.94. The largest absolute Gasteiger partial charge is 0.493 e. The van der Waals surface area contributed by atoms with Crippen molar-refractivity contribution >= 4 is 23.7 Å². The molecule has 0 radical (unpaired) electrons. The van der Waals surface area contributed by atoms with Crippen LogP contribution in [0.3, 0.4) is 0 Å². The lowest BCUT2D eigenvalue weighted by Gasteiger charge is -2.11. The number of amides is 1. The Hall–Kier alpha value is -3.60. The van der Waals surface area contributed by atoms with Crippen LogP contribution in [0.4, 0.5) is 5.69 Å². The first-order chi connectivity index (χ1) is 13.7. The third-order valence-electron chi connectivity index (χ3n) is 4.15. The van der Waals surface area contributed by atoms with Gasteiger partial charge in [0.15, 0.2) is 24.3 Å². The maximum atomic E-state index is 12.1. The van der Waals surface area contributed by atoms with Gasteiger partial charge in [-0.1, -0.05) is 24.3 Å². The summed E-state index contributed by atoms with van der Waals surface area (Å²) in [6.07, 6.45) is 6.03. The zero-order valence-corrected chi connectivity index (χ0v) is 16.0. The summed E-state index contributed by atoms with van der Waals surface area (Å²) in [7, 11) is 3.58. The van der Waals surface area contributed by atoms with E-state index in [2.05, 4.69) is 5.32 Å². The van der Waals surface area contributed by atoms with Crippen LogP contribution in [-0.4, -0.2) is 19.6 Å². The molecule has 0 aliphatic carbocycles. The van der Waals surface area contributed by atoms with Gasteiger partial charge in [0.1, 0.15) is 7.05 Å². The number of aromatic nitrogens is 1. The second-order valence-electron chi connectivity index (χ2n) is 6.18. The number of hydrogen-bond acceptors (Lipinski definition) is 3. The molecule has 1 aromatic heterocycles. The number of carbonyl (C=O) groups is 1. The molecule has 5 nitrogen and oxygen atoms in total. The predicted molar refractivity (Wildman–Crippen MR) is 110 cm³/mol. The van der Waals surface area contributed by atoms with Gasteiger partial charge in [-0.15, -0.1) is 0 Å². The molecule has 0 aliphatic heterocycles. The highest BCUT2D eigenvalue weighted by molar-refractivity contribution is 5.91. The highest BCUT2D eigenvalue weighted by atomic mass is 16.5. The van der Waals surface area contributed by atoms with Crippen molar-refractivity contribution in [1.82, 2.24) is 0 Å². The van der Waals surface area contributed by atoms with Gasteiger partial charge in [0.05, 0.1) is 7.11 Å².